The van der Waals surface area contributed by atoms with E-state index < -0.39 is 23.8 Å². The fourth-order valence-corrected chi connectivity index (χ4v) is 1.60. The van der Waals surface area contributed by atoms with E-state index in [2.05, 4.69) is 0 Å². The quantitative estimate of drug-likeness (QED) is 0.749. The van der Waals surface area contributed by atoms with E-state index in [4.69, 9.17) is 0 Å². The van der Waals surface area contributed by atoms with Crippen LogP contribution in [0.25, 0.3) is 0 Å². The smallest absolute Gasteiger partial charge is 0.486 e. The molecule has 0 saturated carbocycles. The maximum absolute atomic E-state index is 12.4. The number of carboxylic acid groups (broad SMARTS) is 1. The Morgan fingerprint density at radius 3 is 2.06 bits per heavy atom. The van der Waals surface area contributed by atoms with Gasteiger partial charge < -0.3 is 9.90 Å². The normalized spacial score (nSPS) is 11.4. The number of alkyl halides is 3. The summed E-state index contributed by atoms with van der Waals surface area (Å²) in [6, 6.07) is 4.81. The Balaban J connectivity index is 2.98. The molecule has 1 rings (SSSR count). The Morgan fingerprint density at radius 1 is 1.24 bits per heavy atom. The molecule has 0 aromatic heterocycles. The largest absolute Gasteiger partial charge is 0.530 e. The van der Waals surface area contributed by atoms with Crippen LogP contribution in [0.3, 0.4) is 0 Å². The maximum atomic E-state index is 12.4. The minimum atomic E-state index is -4.95. The third-order valence-electron chi connectivity index (χ3n) is 2.15. The third kappa shape index (κ3) is 3.65. The first-order valence-electron chi connectivity index (χ1n) is 4.82. The van der Waals surface area contributed by atoms with Crippen molar-refractivity contribution in [3.8, 4) is 0 Å². The lowest BCUT2D eigenvalue weighted by Gasteiger charge is -2.27. The number of carbonyl (C=O) groups is 1. The maximum Gasteiger partial charge on any atom is 0.486 e. The SMILES string of the molecule is Cc1cc(C)cc(CN(C(=O)[O-])C(F)(F)F)c1. The molecule has 0 aliphatic heterocycles. The van der Waals surface area contributed by atoms with E-state index in [0.717, 1.165) is 11.1 Å². The van der Waals surface area contributed by atoms with Gasteiger partial charge in [0.1, 0.15) is 6.09 Å². The Bertz CT molecular complexity index is 409. The second-order valence-electron chi connectivity index (χ2n) is 3.82. The average molecular weight is 246 g/mol. The first kappa shape index (κ1) is 13.3. The van der Waals surface area contributed by atoms with Gasteiger partial charge in [-0.15, -0.1) is 0 Å². The zero-order chi connectivity index (χ0) is 13.2. The van der Waals surface area contributed by atoms with Gasteiger partial charge in [-0.25, -0.2) is 0 Å². The molecule has 0 spiro atoms. The van der Waals surface area contributed by atoms with Crippen LogP contribution in [0.15, 0.2) is 18.2 Å². The van der Waals surface area contributed by atoms with Gasteiger partial charge in [0.2, 0.25) is 0 Å². The molecule has 0 aliphatic rings. The van der Waals surface area contributed by atoms with Gasteiger partial charge in [0, 0.05) is 0 Å². The van der Waals surface area contributed by atoms with Gasteiger partial charge >= 0.3 is 6.30 Å². The number of amides is 1. The molecule has 0 N–H and O–H groups in total. The second-order valence-corrected chi connectivity index (χ2v) is 3.82. The molecular weight excluding hydrogens is 235 g/mol. The van der Waals surface area contributed by atoms with Crippen molar-refractivity contribution in [3.05, 3.63) is 34.9 Å². The fourth-order valence-electron chi connectivity index (χ4n) is 1.60. The molecule has 3 nitrogen and oxygen atoms in total. The van der Waals surface area contributed by atoms with Crippen LogP contribution < -0.4 is 5.11 Å². The molecule has 0 atom stereocenters. The number of rotatable bonds is 2. The van der Waals surface area contributed by atoms with Gasteiger partial charge in [0.05, 0.1) is 6.54 Å². The molecule has 0 heterocycles. The van der Waals surface area contributed by atoms with Crippen LogP contribution in [0.2, 0.25) is 0 Å². The number of carbonyl (C=O) groups excluding carboxylic acids is 1. The van der Waals surface area contributed by atoms with Crippen LogP contribution in [0.5, 0.6) is 0 Å². The standard InChI is InChI=1S/C11H12F3NO2/c1-7-3-8(2)5-9(4-7)6-15(10(16)17)11(12,13)14/h3-5H,6H2,1-2H3,(H,16,17)/p-1. The summed E-state index contributed by atoms with van der Waals surface area (Å²) < 4.78 is 37.1. The minimum absolute atomic E-state index is 0.282. The van der Waals surface area contributed by atoms with Gasteiger partial charge in [-0.1, -0.05) is 29.3 Å². The van der Waals surface area contributed by atoms with Crippen molar-refractivity contribution in [3.63, 3.8) is 0 Å². The van der Waals surface area contributed by atoms with E-state index in [1.165, 1.54) is 12.1 Å². The van der Waals surface area contributed by atoms with E-state index >= 15 is 0 Å². The molecular formula is C11H11F3NO2-. The highest BCUT2D eigenvalue weighted by Gasteiger charge is 2.37. The van der Waals surface area contributed by atoms with Crippen LogP contribution >= 0.6 is 0 Å². The topological polar surface area (TPSA) is 43.4 Å². The summed E-state index contributed by atoms with van der Waals surface area (Å²) in [5.41, 5.74) is 1.84. The third-order valence-corrected chi connectivity index (χ3v) is 2.15. The van der Waals surface area contributed by atoms with Crippen LogP contribution in [0.1, 0.15) is 16.7 Å². The molecule has 0 fully saturated rings. The predicted molar refractivity (Wildman–Crippen MR) is 52.9 cm³/mol. The van der Waals surface area contributed by atoms with Gasteiger partial charge in [-0.3, -0.25) is 4.90 Å². The Labute approximate surface area is 96.5 Å². The van der Waals surface area contributed by atoms with Crippen LogP contribution in [0, 0.1) is 13.8 Å². The summed E-state index contributed by atoms with van der Waals surface area (Å²) in [6.07, 6.45) is -7.20. The molecule has 1 amide bonds. The second kappa shape index (κ2) is 4.65. The molecule has 6 heteroatoms. The van der Waals surface area contributed by atoms with Crippen molar-refractivity contribution >= 4 is 6.09 Å². The monoisotopic (exact) mass is 246 g/mol. The van der Waals surface area contributed by atoms with Crippen LogP contribution in [-0.2, 0) is 6.54 Å². The van der Waals surface area contributed by atoms with Crippen molar-refractivity contribution in [2.75, 3.05) is 0 Å². The predicted octanol–water partition coefficient (Wildman–Crippen LogP) is 1.97. The van der Waals surface area contributed by atoms with E-state index in [9.17, 15) is 23.1 Å². The Morgan fingerprint density at radius 2 is 1.71 bits per heavy atom. The van der Waals surface area contributed by atoms with Crippen molar-refractivity contribution in [1.29, 1.82) is 0 Å². The zero-order valence-corrected chi connectivity index (χ0v) is 9.34. The number of halogens is 3. The first-order valence-corrected chi connectivity index (χ1v) is 4.82. The lowest BCUT2D eigenvalue weighted by molar-refractivity contribution is -0.314. The molecule has 0 aliphatic carbocycles. The first-order chi connectivity index (χ1) is 7.70. The van der Waals surface area contributed by atoms with E-state index in [1.54, 1.807) is 19.9 Å². The summed E-state index contributed by atoms with van der Waals surface area (Å²) in [5.74, 6) is 0. The van der Waals surface area contributed by atoms with E-state index in [1.807, 2.05) is 0 Å². The molecule has 1 aromatic rings. The van der Waals surface area contributed by atoms with Gasteiger partial charge in [0.25, 0.3) is 0 Å². The lowest BCUT2D eigenvalue weighted by Crippen LogP contribution is -2.48. The highest BCUT2D eigenvalue weighted by atomic mass is 19.4. The number of hydrogen-bond donors (Lipinski definition) is 0. The van der Waals surface area contributed by atoms with Crippen LogP contribution in [0.4, 0.5) is 18.0 Å². The van der Waals surface area contributed by atoms with Crippen molar-refractivity contribution in [2.24, 2.45) is 0 Å². The molecule has 0 unspecified atom stereocenters. The Kier molecular flexibility index (Phi) is 3.65. The van der Waals surface area contributed by atoms with Crippen molar-refractivity contribution < 1.29 is 23.1 Å². The molecule has 1 aromatic carbocycles. The highest BCUT2D eigenvalue weighted by molar-refractivity contribution is 5.63. The summed E-state index contributed by atoms with van der Waals surface area (Å²) >= 11 is 0. The van der Waals surface area contributed by atoms with Crippen molar-refractivity contribution in [2.45, 2.75) is 26.7 Å². The number of aryl methyl sites for hydroxylation is 2. The summed E-state index contributed by atoms with van der Waals surface area (Å²) in [7, 11) is 0. The summed E-state index contributed by atoms with van der Waals surface area (Å²) in [5, 5.41) is 10.4. The van der Waals surface area contributed by atoms with Crippen molar-refractivity contribution in [1.82, 2.24) is 4.90 Å². The summed E-state index contributed by atoms with van der Waals surface area (Å²) in [4.78, 5) is 9.76. The number of hydrogen-bond acceptors (Lipinski definition) is 2. The minimum Gasteiger partial charge on any atom is -0.530 e. The van der Waals surface area contributed by atoms with Gasteiger partial charge in [-0.05, 0) is 19.4 Å². The average Bonchev–Trinajstić information content (AvgIpc) is 2.10. The highest BCUT2D eigenvalue weighted by Crippen LogP contribution is 2.23. The fraction of sp³-hybridized carbons (Fsp3) is 0.364. The molecule has 0 saturated heterocycles. The number of benzene rings is 1. The van der Waals surface area contributed by atoms with E-state index in [0.29, 0.717) is 0 Å². The molecule has 17 heavy (non-hydrogen) atoms. The molecule has 0 radical (unpaired) electrons. The number of nitrogens with zero attached hydrogens (tertiary/aromatic N) is 1. The molecule has 0 bridgehead atoms. The summed E-state index contributed by atoms with van der Waals surface area (Å²) in [6.45, 7) is 2.70. The van der Waals surface area contributed by atoms with Gasteiger partial charge in [0.15, 0.2) is 0 Å². The Hall–Kier alpha value is -1.72. The van der Waals surface area contributed by atoms with Crippen LogP contribution in [-0.4, -0.2) is 17.3 Å². The lowest BCUT2D eigenvalue weighted by atomic mass is 10.1. The molecule has 94 valence electrons. The van der Waals surface area contributed by atoms with Gasteiger partial charge in [-0.2, -0.15) is 13.2 Å². The van der Waals surface area contributed by atoms with E-state index in [-0.39, 0.29) is 5.56 Å². The zero-order valence-electron chi connectivity index (χ0n) is 9.34.